The second-order valence-electron chi connectivity index (χ2n) is 8.30. The van der Waals surface area contributed by atoms with Gasteiger partial charge in [0.2, 0.25) is 0 Å². The number of rotatable bonds is 7. The van der Waals surface area contributed by atoms with E-state index in [1.54, 1.807) is 0 Å². The Morgan fingerprint density at radius 1 is 0.806 bits per heavy atom. The summed E-state index contributed by atoms with van der Waals surface area (Å²) in [5, 5.41) is 16.6. The van der Waals surface area contributed by atoms with E-state index < -0.39 is 5.97 Å². The monoisotopic (exact) mass is 411 g/mol. The van der Waals surface area contributed by atoms with Gasteiger partial charge in [0, 0.05) is 36.1 Å². The largest absolute Gasteiger partial charge is 0.543 e. The van der Waals surface area contributed by atoms with Crippen molar-refractivity contribution in [1.29, 1.82) is 0 Å². The van der Waals surface area contributed by atoms with Gasteiger partial charge in [-0.15, -0.1) is 0 Å². The number of nitrogens with zero attached hydrogens (tertiary/aromatic N) is 1. The highest BCUT2D eigenvalue weighted by Crippen LogP contribution is 2.28. The van der Waals surface area contributed by atoms with E-state index in [0.717, 1.165) is 27.6 Å². The van der Waals surface area contributed by atoms with Gasteiger partial charge >= 0.3 is 0 Å². The Morgan fingerprint density at radius 2 is 1.39 bits per heavy atom. The molecule has 0 fully saturated rings. The Bertz CT molecular complexity index is 1220. The van der Waals surface area contributed by atoms with Gasteiger partial charge in [0.15, 0.2) is 0 Å². The molecule has 0 atom stereocenters. The predicted molar refractivity (Wildman–Crippen MR) is 123 cm³/mol. The fraction of sp³-hybridized carbons (Fsp3) is 0.222. The number of carbonyl (C=O) groups excluding carboxylic acids is 1. The molecule has 4 heteroatoms. The summed E-state index contributed by atoms with van der Waals surface area (Å²) < 4.78 is 1.88. The first kappa shape index (κ1) is 20.9. The summed E-state index contributed by atoms with van der Waals surface area (Å²) in [6.45, 7) is 7.75. The van der Waals surface area contributed by atoms with Crippen molar-refractivity contribution in [2.45, 2.75) is 40.4 Å². The standard InChI is InChI=1S/C27H28N2O2/c1-18-4-9-21(10-5-18)15-28-16-24-23-13-8-20(3)14-25(23)29(26(24)27(30)31)17-22-11-6-19(2)7-12-22/h4-14,28H,15-17H2,1-3H3,(H,30,31)/p-1. The van der Waals surface area contributed by atoms with Crippen molar-refractivity contribution >= 4 is 16.9 Å². The topological polar surface area (TPSA) is 57.1 Å². The van der Waals surface area contributed by atoms with Gasteiger partial charge in [-0.2, -0.15) is 0 Å². The van der Waals surface area contributed by atoms with Crippen molar-refractivity contribution in [3.63, 3.8) is 0 Å². The van der Waals surface area contributed by atoms with Crippen molar-refractivity contribution in [1.82, 2.24) is 9.88 Å². The van der Waals surface area contributed by atoms with Crippen LogP contribution in [0.5, 0.6) is 0 Å². The van der Waals surface area contributed by atoms with Gasteiger partial charge < -0.3 is 19.8 Å². The third-order valence-electron chi connectivity index (χ3n) is 5.73. The minimum Gasteiger partial charge on any atom is -0.543 e. The molecule has 0 aliphatic rings. The maximum Gasteiger partial charge on any atom is 0.0884 e. The van der Waals surface area contributed by atoms with Crippen LogP contribution in [0.15, 0.2) is 66.7 Å². The molecule has 0 aliphatic heterocycles. The molecule has 0 saturated heterocycles. The van der Waals surface area contributed by atoms with Gasteiger partial charge in [0.1, 0.15) is 0 Å². The lowest BCUT2D eigenvalue weighted by Gasteiger charge is -2.14. The average molecular weight is 412 g/mol. The highest BCUT2D eigenvalue weighted by Gasteiger charge is 2.18. The number of carboxylic acids is 1. The summed E-state index contributed by atoms with van der Waals surface area (Å²) in [6, 6.07) is 22.6. The highest BCUT2D eigenvalue weighted by atomic mass is 16.4. The molecule has 0 radical (unpaired) electrons. The van der Waals surface area contributed by atoms with E-state index in [-0.39, 0.29) is 5.69 Å². The van der Waals surface area contributed by atoms with Crippen molar-refractivity contribution in [3.8, 4) is 0 Å². The van der Waals surface area contributed by atoms with Gasteiger partial charge in [-0.1, -0.05) is 71.8 Å². The number of fused-ring (bicyclic) bond motifs is 1. The zero-order valence-corrected chi connectivity index (χ0v) is 18.2. The van der Waals surface area contributed by atoms with Crippen LogP contribution in [0.4, 0.5) is 0 Å². The molecule has 158 valence electrons. The number of benzene rings is 3. The van der Waals surface area contributed by atoms with E-state index in [4.69, 9.17) is 0 Å². The lowest BCUT2D eigenvalue weighted by molar-refractivity contribution is -0.255. The molecule has 0 amide bonds. The maximum atomic E-state index is 12.3. The fourth-order valence-electron chi connectivity index (χ4n) is 4.02. The van der Waals surface area contributed by atoms with Crippen LogP contribution in [-0.4, -0.2) is 10.5 Å². The van der Waals surface area contributed by atoms with Gasteiger partial charge in [-0.3, -0.25) is 0 Å². The van der Waals surface area contributed by atoms with Gasteiger partial charge in [0.05, 0.1) is 11.7 Å². The summed E-state index contributed by atoms with van der Waals surface area (Å²) in [4.78, 5) is 12.3. The molecule has 4 rings (SSSR count). The van der Waals surface area contributed by atoms with Crippen LogP contribution in [-0.2, 0) is 19.6 Å². The lowest BCUT2D eigenvalue weighted by atomic mass is 10.1. The van der Waals surface area contributed by atoms with Crippen LogP contribution < -0.4 is 10.4 Å². The van der Waals surface area contributed by atoms with Crippen LogP contribution >= 0.6 is 0 Å². The predicted octanol–water partition coefficient (Wildman–Crippen LogP) is 4.27. The molecular weight excluding hydrogens is 384 g/mol. The number of hydrogen-bond acceptors (Lipinski definition) is 3. The van der Waals surface area contributed by atoms with Crippen LogP contribution in [0, 0.1) is 20.8 Å². The SMILES string of the molecule is Cc1ccc(CNCc2c(C(=O)[O-])n(Cc3ccc(C)cc3)c3cc(C)ccc23)cc1. The van der Waals surface area contributed by atoms with Gasteiger partial charge in [0.25, 0.3) is 0 Å². The number of nitrogens with one attached hydrogen (secondary N) is 1. The Hall–Kier alpha value is -3.37. The molecule has 1 heterocycles. The first-order chi connectivity index (χ1) is 14.9. The Balaban J connectivity index is 1.71. The fourth-order valence-corrected chi connectivity index (χ4v) is 4.02. The molecule has 0 unspecified atom stereocenters. The summed E-state index contributed by atoms with van der Waals surface area (Å²) in [6.07, 6.45) is 0. The molecule has 4 nitrogen and oxygen atoms in total. The highest BCUT2D eigenvalue weighted by molar-refractivity contribution is 5.97. The average Bonchev–Trinajstić information content (AvgIpc) is 3.04. The van der Waals surface area contributed by atoms with Crippen LogP contribution in [0.2, 0.25) is 0 Å². The van der Waals surface area contributed by atoms with E-state index >= 15 is 0 Å². The summed E-state index contributed by atoms with van der Waals surface area (Å²) in [5.41, 5.74) is 7.67. The second kappa shape index (κ2) is 8.78. The summed E-state index contributed by atoms with van der Waals surface area (Å²) in [5.74, 6) is -1.15. The van der Waals surface area contributed by atoms with E-state index in [2.05, 4.69) is 54.7 Å². The lowest BCUT2D eigenvalue weighted by Crippen LogP contribution is -2.28. The molecule has 0 bridgehead atoms. The van der Waals surface area contributed by atoms with E-state index in [0.29, 0.717) is 19.6 Å². The number of aryl methyl sites for hydroxylation is 3. The molecule has 0 spiro atoms. The van der Waals surface area contributed by atoms with E-state index in [1.807, 2.05) is 42.7 Å². The molecule has 1 N–H and O–H groups in total. The van der Waals surface area contributed by atoms with Crippen molar-refractivity contribution < 1.29 is 9.90 Å². The van der Waals surface area contributed by atoms with Crippen LogP contribution in [0.1, 0.15) is 43.9 Å². The maximum absolute atomic E-state index is 12.3. The summed E-state index contributed by atoms with van der Waals surface area (Å²) >= 11 is 0. The Labute approximate surface area is 183 Å². The summed E-state index contributed by atoms with van der Waals surface area (Å²) in [7, 11) is 0. The zero-order chi connectivity index (χ0) is 22.0. The molecule has 31 heavy (non-hydrogen) atoms. The number of carbonyl (C=O) groups is 1. The molecule has 4 aromatic rings. The smallest absolute Gasteiger partial charge is 0.0884 e. The quantitative estimate of drug-likeness (QED) is 0.494. The second-order valence-corrected chi connectivity index (χ2v) is 8.30. The van der Waals surface area contributed by atoms with E-state index in [1.165, 1.54) is 16.7 Å². The van der Waals surface area contributed by atoms with Gasteiger partial charge in [-0.25, -0.2) is 0 Å². The normalized spacial score (nSPS) is 11.2. The third-order valence-corrected chi connectivity index (χ3v) is 5.73. The van der Waals surface area contributed by atoms with Crippen molar-refractivity contribution in [3.05, 3.63) is 106 Å². The number of carboxylic acid groups (broad SMARTS) is 1. The third kappa shape index (κ3) is 4.54. The molecule has 0 saturated carbocycles. The first-order valence-electron chi connectivity index (χ1n) is 10.6. The van der Waals surface area contributed by atoms with Crippen LogP contribution in [0.3, 0.4) is 0 Å². The number of hydrogen-bond donors (Lipinski definition) is 1. The number of aromatic nitrogens is 1. The molecule has 0 aliphatic carbocycles. The Kier molecular flexibility index (Phi) is 5.92. The van der Waals surface area contributed by atoms with Crippen molar-refractivity contribution in [2.24, 2.45) is 0 Å². The molecular formula is C27H27N2O2-. The zero-order valence-electron chi connectivity index (χ0n) is 18.2. The first-order valence-corrected chi connectivity index (χ1v) is 10.6. The number of aromatic carboxylic acids is 1. The van der Waals surface area contributed by atoms with Gasteiger partial charge in [-0.05, 0) is 43.5 Å². The van der Waals surface area contributed by atoms with E-state index in [9.17, 15) is 9.90 Å². The Morgan fingerprint density at radius 3 is 2.00 bits per heavy atom. The molecule has 1 aromatic heterocycles. The van der Waals surface area contributed by atoms with Crippen LogP contribution in [0.25, 0.3) is 10.9 Å². The minimum atomic E-state index is -1.15. The minimum absolute atomic E-state index is 0.248. The van der Waals surface area contributed by atoms with Crippen molar-refractivity contribution in [2.75, 3.05) is 0 Å². The molecule has 3 aromatic carbocycles.